The Balaban J connectivity index is 0.664. The number of nitrogens with zero attached hydrogens (tertiary/aromatic N) is 7. The Hall–Kier alpha value is -5.50. The molecule has 0 radical (unpaired) electrons. The number of nitrogens with one attached hydrogen (secondary N) is 2. The standard InChI is InChI=1S/C42H45N9O5/c52-36-4-2-1-3-28(36)33-16-35-38(46-45-33)43-19-26-20-47(13-14-50(26)35)21-30-31-22-49(23-32(30)31)25-17-42(18-25)9-11-48(12-10-42)24-5-6-27-29(15-24)41(56)51(40(27)55)34-7-8-37(53)44-39(34)54/h1-6,15-16,22,25-26,30,32,34,52H,7-14,17-21,23H2,(H,43,46)(H,44,53,54)/t26-,30+,32-,34?/m0/s1. The highest BCUT2D eigenvalue weighted by Gasteiger charge is 2.55. The molecule has 11 rings (SSSR count). The molecule has 0 bridgehead atoms. The third-order valence-electron chi connectivity index (χ3n) is 14.2. The molecule has 56 heavy (non-hydrogen) atoms. The van der Waals surface area contributed by atoms with Crippen LogP contribution in [0.15, 0.2) is 60.3 Å². The van der Waals surface area contributed by atoms with E-state index >= 15 is 0 Å². The number of piperazine rings is 1. The van der Waals surface area contributed by atoms with E-state index in [0.717, 1.165) is 87.3 Å². The summed E-state index contributed by atoms with van der Waals surface area (Å²) in [5.41, 5.74) is 6.07. The zero-order valence-corrected chi connectivity index (χ0v) is 31.2. The smallest absolute Gasteiger partial charge is 0.262 e. The van der Waals surface area contributed by atoms with Gasteiger partial charge in [0.1, 0.15) is 11.8 Å². The van der Waals surface area contributed by atoms with Crippen molar-refractivity contribution in [1.29, 1.82) is 0 Å². The van der Waals surface area contributed by atoms with Crippen molar-refractivity contribution in [1.82, 2.24) is 30.2 Å². The van der Waals surface area contributed by atoms with Crippen molar-refractivity contribution in [3.63, 3.8) is 0 Å². The second-order valence-corrected chi connectivity index (χ2v) is 17.2. The molecular formula is C42H45N9O5. The van der Waals surface area contributed by atoms with Crippen molar-refractivity contribution in [2.24, 2.45) is 17.3 Å². The number of para-hydroxylation sites is 1. The highest BCUT2D eigenvalue weighted by Crippen LogP contribution is 2.57. The summed E-state index contributed by atoms with van der Waals surface area (Å²) in [6.45, 7) is 7.93. The van der Waals surface area contributed by atoms with Gasteiger partial charge in [-0.3, -0.25) is 34.3 Å². The molecule has 6 aliphatic heterocycles. The highest BCUT2D eigenvalue weighted by molar-refractivity contribution is 6.23. The van der Waals surface area contributed by atoms with Gasteiger partial charge in [0.25, 0.3) is 11.8 Å². The van der Waals surface area contributed by atoms with Crippen LogP contribution in [-0.2, 0) is 9.59 Å². The number of benzene rings is 2. The first-order valence-electron chi connectivity index (χ1n) is 20.2. The van der Waals surface area contributed by atoms with Gasteiger partial charge in [0.15, 0.2) is 5.82 Å². The summed E-state index contributed by atoms with van der Waals surface area (Å²) in [7, 11) is 0. The molecule has 288 valence electrons. The van der Waals surface area contributed by atoms with Crippen molar-refractivity contribution >= 4 is 40.8 Å². The lowest BCUT2D eigenvalue weighted by molar-refractivity contribution is -0.136. The number of aromatic nitrogens is 2. The van der Waals surface area contributed by atoms with E-state index in [2.05, 4.69) is 52.7 Å². The minimum absolute atomic E-state index is 0.109. The van der Waals surface area contributed by atoms with Gasteiger partial charge in [-0.25, -0.2) is 0 Å². The van der Waals surface area contributed by atoms with Crippen molar-refractivity contribution in [3.8, 4) is 17.0 Å². The lowest BCUT2D eigenvalue weighted by Crippen LogP contribution is -2.58. The molecule has 8 aliphatic rings. The maximum atomic E-state index is 13.4. The number of fused-ring (bicyclic) bond motifs is 5. The van der Waals surface area contributed by atoms with Crippen LogP contribution in [0.1, 0.15) is 59.2 Å². The molecule has 1 unspecified atom stereocenters. The Morgan fingerprint density at radius 2 is 1.68 bits per heavy atom. The molecule has 5 fully saturated rings. The van der Waals surface area contributed by atoms with Crippen LogP contribution in [0.2, 0.25) is 0 Å². The molecule has 2 aliphatic carbocycles. The Kier molecular flexibility index (Phi) is 7.55. The second-order valence-electron chi connectivity index (χ2n) is 17.2. The summed E-state index contributed by atoms with van der Waals surface area (Å²) in [5, 5.41) is 25.0. The molecule has 14 heteroatoms. The number of phenolic OH excluding ortho intramolecular Hbond substituents is 1. The van der Waals surface area contributed by atoms with Crippen LogP contribution in [0, 0.1) is 17.3 Å². The van der Waals surface area contributed by atoms with Crippen LogP contribution in [0.5, 0.6) is 5.75 Å². The van der Waals surface area contributed by atoms with Gasteiger partial charge in [-0.15, -0.1) is 10.2 Å². The number of carbonyl (C=O) groups is 4. The summed E-state index contributed by atoms with van der Waals surface area (Å²) in [6, 6.07) is 14.8. The highest BCUT2D eigenvalue weighted by atomic mass is 16.3. The number of imide groups is 2. The van der Waals surface area contributed by atoms with Crippen molar-refractivity contribution in [3.05, 3.63) is 71.4 Å². The summed E-state index contributed by atoms with van der Waals surface area (Å²) in [5.74, 6) is 0.504. The number of hydrogen-bond donors (Lipinski definition) is 3. The zero-order valence-electron chi connectivity index (χ0n) is 31.2. The van der Waals surface area contributed by atoms with Gasteiger partial charge in [-0.2, -0.15) is 0 Å². The minimum atomic E-state index is -0.951. The van der Waals surface area contributed by atoms with Crippen molar-refractivity contribution < 1.29 is 24.3 Å². The van der Waals surface area contributed by atoms with Crippen LogP contribution in [-0.4, -0.2) is 124 Å². The Morgan fingerprint density at radius 3 is 2.46 bits per heavy atom. The summed E-state index contributed by atoms with van der Waals surface area (Å²) in [6.07, 6.45) is 7.45. The van der Waals surface area contributed by atoms with E-state index in [1.165, 1.54) is 12.8 Å². The van der Waals surface area contributed by atoms with Gasteiger partial charge in [0, 0.05) is 87.9 Å². The fourth-order valence-corrected chi connectivity index (χ4v) is 10.9. The SMILES string of the molecule is O=C1CCC(N2C(=O)c3ccc(N4CCC5(CC4)CC(N4C=C6[C@@H](CN7CCN8c9cc(-c%10ccccc%10O)nnc9NC[C@H]8C7)[C@@H]6C4)C5)cc3C2=O)C(=O)N1. The first-order valence-corrected chi connectivity index (χ1v) is 20.2. The molecule has 3 saturated heterocycles. The molecule has 7 heterocycles. The summed E-state index contributed by atoms with van der Waals surface area (Å²) >= 11 is 0. The monoisotopic (exact) mass is 755 g/mol. The van der Waals surface area contributed by atoms with Gasteiger partial charge in [-0.05, 0) is 85.7 Å². The third kappa shape index (κ3) is 5.39. The zero-order chi connectivity index (χ0) is 37.9. The van der Waals surface area contributed by atoms with Crippen molar-refractivity contribution in [2.75, 3.05) is 67.5 Å². The quantitative estimate of drug-likeness (QED) is 0.317. The normalized spacial score (nSPS) is 28.0. The molecule has 2 saturated carbocycles. The molecule has 3 aromatic rings. The van der Waals surface area contributed by atoms with Gasteiger partial charge in [-0.1, -0.05) is 12.1 Å². The van der Waals surface area contributed by atoms with Crippen LogP contribution < -0.4 is 20.4 Å². The molecule has 1 spiro atoms. The summed E-state index contributed by atoms with van der Waals surface area (Å²) in [4.78, 5) is 61.8. The average Bonchev–Trinajstić information content (AvgIpc) is 3.50. The molecule has 4 amide bonds. The molecule has 2 aromatic carbocycles. The Bertz CT molecular complexity index is 2230. The van der Waals surface area contributed by atoms with Gasteiger partial charge in [0.05, 0.1) is 28.6 Å². The number of phenols is 1. The molecule has 3 N–H and O–H groups in total. The van der Waals surface area contributed by atoms with Gasteiger partial charge >= 0.3 is 0 Å². The topological polar surface area (TPSA) is 155 Å². The fraction of sp³-hybridized carbons (Fsp3) is 0.476. The Morgan fingerprint density at radius 1 is 0.857 bits per heavy atom. The number of aromatic hydroxyl groups is 1. The molecule has 14 nitrogen and oxygen atoms in total. The number of piperidine rings is 2. The van der Waals surface area contributed by atoms with Crippen molar-refractivity contribution in [2.45, 2.75) is 56.7 Å². The number of rotatable bonds is 6. The first-order chi connectivity index (χ1) is 27.2. The Labute approximate surface area is 324 Å². The molecular weight excluding hydrogens is 711 g/mol. The van der Waals surface area contributed by atoms with Crippen LogP contribution in [0.3, 0.4) is 0 Å². The predicted molar refractivity (Wildman–Crippen MR) is 207 cm³/mol. The first kappa shape index (κ1) is 33.8. The van der Waals surface area contributed by atoms with Gasteiger partial charge < -0.3 is 25.1 Å². The van der Waals surface area contributed by atoms with E-state index in [0.29, 0.717) is 51.7 Å². The molecule has 1 aromatic heterocycles. The minimum Gasteiger partial charge on any atom is -0.507 e. The van der Waals surface area contributed by atoms with Crippen LogP contribution in [0.4, 0.5) is 17.2 Å². The predicted octanol–water partition coefficient (Wildman–Crippen LogP) is 3.06. The third-order valence-corrected chi connectivity index (χ3v) is 14.2. The van der Waals surface area contributed by atoms with E-state index in [9.17, 15) is 24.3 Å². The average molecular weight is 756 g/mol. The van der Waals surface area contributed by atoms with Gasteiger partial charge in [0.2, 0.25) is 11.8 Å². The maximum absolute atomic E-state index is 13.4. The number of amides is 4. The van der Waals surface area contributed by atoms with Crippen LogP contribution >= 0.6 is 0 Å². The lowest BCUT2D eigenvalue weighted by atomic mass is 9.60. The molecule has 4 atom stereocenters. The largest absolute Gasteiger partial charge is 0.507 e. The van der Waals surface area contributed by atoms with E-state index in [-0.39, 0.29) is 24.5 Å². The fourth-order valence-electron chi connectivity index (χ4n) is 10.9. The number of anilines is 3. The summed E-state index contributed by atoms with van der Waals surface area (Å²) < 4.78 is 0. The van der Waals surface area contributed by atoms with E-state index < -0.39 is 23.8 Å². The van der Waals surface area contributed by atoms with E-state index in [1.54, 1.807) is 17.7 Å². The lowest BCUT2D eigenvalue weighted by Gasteiger charge is -2.55. The maximum Gasteiger partial charge on any atom is 0.262 e. The number of carbonyl (C=O) groups excluding carboxylic acids is 4. The van der Waals surface area contributed by atoms with E-state index in [1.807, 2.05) is 30.3 Å². The second kappa shape index (κ2) is 12.5. The van der Waals surface area contributed by atoms with E-state index in [4.69, 9.17) is 0 Å². The van der Waals surface area contributed by atoms with Crippen LogP contribution in [0.25, 0.3) is 11.3 Å². The number of hydrogen-bond acceptors (Lipinski definition) is 12.